The molecular weight excluding hydrogens is 274 g/mol. The van der Waals surface area contributed by atoms with Crippen molar-refractivity contribution in [3.8, 4) is 0 Å². The van der Waals surface area contributed by atoms with E-state index in [1.54, 1.807) is 19.6 Å². The second kappa shape index (κ2) is 7.55. The lowest BCUT2D eigenvalue weighted by Gasteiger charge is -2.12. The van der Waals surface area contributed by atoms with Crippen molar-refractivity contribution in [2.45, 2.75) is 13.1 Å². The van der Waals surface area contributed by atoms with E-state index >= 15 is 0 Å². The predicted octanol–water partition coefficient (Wildman–Crippen LogP) is 1.90. The van der Waals surface area contributed by atoms with Crippen molar-refractivity contribution in [1.29, 1.82) is 0 Å². The van der Waals surface area contributed by atoms with Crippen molar-refractivity contribution in [2.75, 3.05) is 13.6 Å². The fourth-order valence-electron chi connectivity index (χ4n) is 1.73. The number of halogens is 1. The van der Waals surface area contributed by atoms with E-state index in [1.807, 2.05) is 35.0 Å². The molecule has 5 nitrogen and oxygen atoms in total. The maximum absolute atomic E-state index is 5.86. The molecule has 2 rings (SSSR count). The molecule has 1 aromatic carbocycles. The maximum atomic E-state index is 5.86. The van der Waals surface area contributed by atoms with Gasteiger partial charge >= 0.3 is 0 Å². The van der Waals surface area contributed by atoms with E-state index < -0.39 is 0 Å². The first kappa shape index (κ1) is 14.4. The van der Waals surface area contributed by atoms with Crippen LogP contribution in [-0.4, -0.2) is 29.1 Å². The average molecular weight is 292 g/mol. The number of aliphatic imine (C=N–C) groups is 1. The quantitative estimate of drug-likeness (QED) is 0.653. The molecule has 20 heavy (non-hydrogen) atoms. The van der Waals surface area contributed by atoms with Gasteiger partial charge in [-0.15, -0.1) is 0 Å². The monoisotopic (exact) mass is 291 g/mol. The molecule has 106 valence electrons. The summed E-state index contributed by atoms with van der Waals surface area (Å²) in [5.74, 6) is 0.778. The van der Waals surface area contributed by atoms with Crippen molar-refractivity contribution in [1.82, 2.24) is 20.2 Å². The molecule has 0 radical (unpaired) electrons. The summed E-state index contributed by atoms with van der Waals surface area (Å²) in [6.45, 7) is 2.35. The van der Waals surface area contributed by atoms with Gasteiger partial charge in [-0.05, 0) is 17.7 Å². The Morgan fingerprint density at radius 1 is 1.30 bits per heavy atom. The van der Waals surface area contributed by atoms with Crippen LogP contribution in [0.25, 0.3) is 0 Å². The van der Waals surface area contributed by atoms with E-state index in [0.717, 1.165) is 29.6 Å². The van der Waals surface area contributed by atoms with E-state index in [0.29, 0.717) is 6.54 Å². The Bertz CT molecular complexity index is 533. The van der Waals surface area contributed by atoms with Crippen molar-refractivity contribution in [2.24, 2.45) is 4.99 Å². The Balaban J connectivity index is 1.73. The average Bonchev–Trinajstić information content (AvgIpc) is 2.97. The second-order valence-corrected chi connectivity index (χ2v) is 4.72. The van der Waals surface area contributed by atoms with Crippen LogP contribution >= 0.6 is 11.6 Å². The summed E-state index contributed by atoms with van der Waals surface area (Å²) in [5, 5.41) is 7.26. The lowest BCUT2D eigenvalue weighted by atomic mass is 10.2. The van der Waals surface area contributed by atoms with Gasteiger partial charge in [-0.3, -0.25) is 4.99 Å². The minimum atomic E-state index is 0.710. The number of rotatable bonds is 5. The first-order valence-corrected chi connectivity index (χ1v) is 6.80. The zero-order valence-corrected chi connectivity index (χ0v) is 12.1. The van der Waals surface area contributed by atoms with Gasteiger partial charge in [0.1, 0.15) is 0 Å². The first-order valence-electron chi connectivity index (χ1n) is 6.42. The van der Waals surface area contributed by atoms with Gasteiger partial charge in [-0.25, -0.2) is 4.98 Å². The Hall–Kier alpha value is -2.01. The summed E-state index contributed by atoms with van der Waals surface area (Å²) in [7, 11) is 1.76. The second-order valence-electron chi connectivity index (χ2n) is 4.28. The summed E-state index contributed by atoms with van der Waals surface area (Å²) >= 11 is 5.86. The first-order chi connectivity index (χ1) is 9.78. The molecule has 0 bridgehead atoms. The van der Waals surface area contributed by atoms with Crippen LogP contribution in [0.1, 0.15) is 5.56 Å². The van der Waals surface area contributed by atoms with Gasteiger partial charge in [0.05, 0.1) is 6.33 Å². The van der Waals surface area contributed by atoms with Crippen LogP contribution in [0.3, 0.4) is 0 Å². The molecule has 0 saturated carbocycles. The highest BCUT2D eigenvalue weighted by Crippen LogP contribution is 2.08. The molecule has 0 saturated heterocycles. The van der Waals surface area contributed by atoms with Gasteiger partial charge in [0.15, 0.2) is 5.96 Å². The van der Waals surface area contributed by atoms with Crippen molar-refractivity contribution in [3.63, 3.8) is 0 Å². The lowest BCUT2D eigenvalue weighted by molar-refractivity contribution is 0.661. The SMILES string of the molecule is CN=C(NCCn1ccnc1)NCc1ccc(Cl)cc1. The smallest absolute Gasteiger partial charge is 0.191 e. The highest BCUT2D eigenvalue weighted by Gasteiger charge is 1.98. The minimum Gasteiger partial charge on any atom is -0.355 e. The van der Waals surface area contributed by atoms with E-state index in [2.05, 4.69) is 20.6 Å². The Kier molecular flexibility index (Phi) is 5.43. The third-order valence-electron chi connectivity index (χ3n) is 2.82. The van der Waals surface area contributed by atoms with E-state index in [-0.39, 0.29) is 0 Å². The molecule has 2 aromatic rings. The molecule has 1 aromatic heterocycles. The lowest BCUT2D eigenvalue weighted by Crippen LogP contribution is -2.38. The molecule has 1 heterocycles. The van der Waals surface area contributed by atoms with Crippen LogP contribution in [0.2, 0.25) is 5.02 Å². The van der Waals surface area contributed by atoms with Gasteiger partial charge in [-0.1, -0.05) is 23.7 Å². The van der Waals surface area contributed by atoms with E-state index in [4.69, 9.17) is 11.6 Å². The summed E-state index contributed by atoms with van der Waals surface area (Å²) in [4.78, 5) is 8.18. The van der Waals surface area contributed by atoms with Crippen LogP contribution in [0.4, 0.5) is 0 Å². The standard InChI is InChI=1S/C14H18ClN5/c1-16-14(18-7-9-20-8-6-17-11-20)19-10-12-2-4-13(15)5-3-12/h2-6,8,11H,7,9-10H2,1H3,(H2,16,18,19). The van der Waals surface area contributed by atoms with E-state index in [1.165, 1.54) is 0 Å². The molecule has 0 aliphatic rings. The normalized spacial score (nSPS) is 11.4. The highest BCUT2D eigenvalue weighted by molar-refractivity contribution is 6.30. The number of benzene rings is 1. The zero-order chi connectivity index (χ0) is 14.2. The third kappa shape index (κ3) is 4.59. The largest absolute Gasteiger partial charge is 0.355 e. The molecule has 6 heteroatoms. The zero-order valence-electron chi connectivity index (χ0n) is 11.4. The van der Waals surface area contributed by atoms with Crippen LogP contribution in [0.15, 0.2) is 48.0 Å². The van der Waals surface area contributed by atoms with Crippen molar-refractivity contribution < 1.29 is 0 Å². The number of hydrogen-bond acceptors (Lipinski definition) is 2. The van der Waals surface area contributed by atoms with Gasteiger partial charge < -0.3 is 15.2 Å². The number of aromatic nitrogens is 2. The van der Waals surface area contributed by atoms with Gasteiger partial charge in [0.2, 0.25) is 0 Å². The highest BCUT2D eigenvalue weighted by atomic mass is 35.5. The van der Waals surface area contributed by atoms with Crippen LogP contribution in [0.5, 0.6) is 0 Å². The summed E-state index contributed by atoms with van der Waals surface area (Å²) in [5.41, 5.74) is 1.16. The van der Waals surface area contributed by atoms with Gasteiger partial charge in [0.25, 0.3) is 0 Å². The molecule has 0 atom stereocenters. The third-order valence-corrected chi connectivity index (χ3v) is 3.07. The molecular formula is C14H18ClN5. The number of guanidine groups is 1. The fraction of sp³-hybridized carbons (Fsp3) is 0.286. The molecule has 0 aliphatic carbocycles. The Morgan fingerprint density at radius 2 is 2.10 bits per heavy atom. The summed E-state index contributed by atoms with van der Waals surface area (Å²) in [6, 6.07) is 7.75. The Morgan fingerprint density at radius 3 is 2.75 bits per heavy atom. The number of nitrogens with zero attached hydrogens (tertiary/aromatic N) is 3. The Labute approximate surface area is 123 Å². The summed E-state index contributed by atoms with van der Waals surface area (Å²) < 4.78 is 2.01. The summed E-state index contributed by atoms with van der Waals surface area (Å²) in [6.07, 6.45) is 5.50. The molecule has 0 unspecified atom stereocenters. The van der Waals surface area contributed by atoms with Crippen molar-refractivity contribution in [3.05, 3.63) is 53.6 Å². The topological polar surface area (TPSA) is 54.2 Å². The van der Waals surface area contributed by atoms with E-state index in [9.17, 15) is 0 Å². The van der Waals surface area contributed by atoms with Crippen LogP contribution < -0.4 is 10.6 Å². The molecule has 2 N–H and O–H groups in total. The molecule has 0 spiro atoms. The van der Waals surface area contributed by atoms with Crippen molar-refractivity contribution >= 4 is 17.6 Å². The maximum Gasteiger partial charge on any atom is 0.191 e. The van der Waals surface area contributed by atoms with Crippen LogP contribution in [0, 0.1) is 0 Å². The molecule has 0 amide bonds. The number of imidazole rings is 1. The minimum absolute atomic E-state index is 0.710. The molecule has 0 fully saturated rings. The number of nitrogens with one attached hydrogen (secondary N) is 2. The number of hydrogen-bond donors (Lipinski definition) is 2. The van der Waals surface area contributed by atoms with Crippen LogP contribution in [-0.2, 0) is 13.1 Å². The van der Waals surface area contributed by atoms with Gasteiger partial charge in [0, 0.05) is 44.1 Å². The fourth-order valence-corrected chi connectivity index (χ4v) is 1.86. The predicted molar refractivity (Wildman–Crippen MR) is 81.9 cm³/mol. The molecule has 0 aliphatic heterocycles. The van der Waals surface area contributed by atoms with Gasteiger partial charge in [-0.2, -0.15) is 0 Å².